The molecule has 3 nitrogen and oxygen atoms in total. The molecule has 1 aliphatic carbocycles. The first-order chi connectivity index (χ1) is 9.19. The van der Waals surface area contributed by atoms with Crippen LogP contribution < -0.4 is 5.73 Å². The van der Waals surface area contributed by atoms with Gasteiger partial charge < -0.3 is 5.73 Å². The zero-order chi connectivity index (χ0) is 13.4. The highest BCUT2D eigenvalue weighted by Gasteiger charge is 2.28. The highest BCUT2D eigenvalue weighted by atomic mass is 35.5. The van der Waals surface area contributed by atoms with Gasteiger partial charge in [0.25, 0.3) is 0 Å². The third-order valence-corrected chi connectivity index (χ3v) is 3.62. The van der Waals surface area contributed by atoms with E-state index in [1.54, 1.807) is 12.1 Å². The van der Waals surface area contributed by atoms with Crippen LogP contribution in [0, 0.1) is 5.82 Å². The van der Waals surface area contributed by atoms with Gasteiger partial charge in [0.2, 0.25) is 0 Å². The third-order valence-electron chi connectivity index (χ3n) is 3.33. The molecule has 1 saturated carbocycles. The van der Waals surface area contributed by atoms with Gasteiger partial charge in [0, 0.05) is 18.0 Å². The van der Waals surface area contributed by atoms with Gasteiger partial charge in [-0.2, -0.15) is 5.10 Å². The molecule has 0 saturated heterocycles. The van der Waals surface area contributed by atoms with E-state index >= 15 is 0 Å². The molecule has 1 fully saturated rings. The minimum Gasteiger partial charge on any atom is -0.330 e. The van der Waals surface area contributed by atoms with Crippen LogP contribution in [0.2, 0.25) is 5.02 Å². The lowest BCUT2D eigenvalue weighted by molar-refractivity contribution is 0.627. The van der Waals surface area contributed by atoms with Crippen LogP contribution in [0.15, 0.2) is 24.3 Å². The Morgan fingerprint density at radius 1 is 1.37 bits per heavy atom. The Morgan fingerprint density at radius 2 is 2.16 bits per heavy atom. The second kappa shape index (κ2) is 4.94. The molecular formula is C14H15ClFN3. The largest absolute Gasteiger partial charge is 0.330 e. The number of benzene rings is 1. The summed E-state index contributed by atoms with van der Waals surface area (Å²) in [5.74, 6) is 0.149. The Bertz CT molecular complexity index is 605. The van der Waals surface area contributed by atoms with Crippen molar-refractivity contribution in [1.82, 2.24) is 9.78 Å². The third kappa shape index (κ3) is 2.51. The fraction of sp³-hybridized carbons (Fsp3) is 0.357. The molecule has 2 N–H and O–H groups in total. The smallest absolute Gasteiger partial charge is 0.141 e. The summed E-state index contributed by atoms with van der Waals surface area (Å²) >= 11 is 5.84. The van der Waals surface area contributed by atoms with Gasteiger partial charge in [0.1, 0.15) is 5.82 Å². The van der Waals surface area contributed by atoms with E-state index in [1.165, 1.54) is 24.6 Å². The van der Waals surface area contributed by atoms with Gasteiger partial charge >= 0.3 is 0 Å². The Morgan fingerprint density at radius 3 is 2.79 bits per heavy atom. The van der Waals surface area contributed by atoms with E-state index in [-0.39, 0.29) is 5.02 Å². The number of nitrogens with zero attached hydrogens (tertiary/aromatic N) is 2. The first-order valence-corrected chi connectivity index (χ1v) is 6.81. The van der Waals surface area contributed by atoms with Crippen LogP contribution in [0.4, 0.5) is 4.39 Å². The van der Waals surface area contributed by atoms with Crippen LogP contribution in [0.5, 0.6) is 0 Å². The molecule has 0 spiro atoms. The van der Waals surface area contributed by atoms with E-state index in [9.17, 15) is 4.39 Å². The lowest BCUT2D eigenvalue weighted by atomic mass is 10.2. The van der Waals surface area contributed by atoms with Crippen LogP contribution in [-0.2, 0) is 6.42 Å². The van der Waals surface area contributed by atoms with Crippen molar-refractivity contribution in [2.24, 2.45) is 5.73 Å². The van der Waals surface area contributed by atoms with Crippen LogP contribution >= 0.6 is 11.6 Å². The molecule has 5 heteroatoms. The molecule has 0 unspecified atom stereocenters. The molecule has 1 aliphatic rings. The number of nitrogens with two attached hydrogens (primary N) is 1. The average Bonchev–Trinajstić information content (AvgIpc) is 3.15. The van der Waals surface area contributed by atoms with Gasteiger partial charge in [-0.3, -0.25) is 0 Å². The molecule has 2 aromatic rings. The van der Waals surface area contributed by atoms with Crippen LogP contribution in [0.1, 0.15) is 30.1 Å². The number of hydrogen-bond acceptors (Lipinski definition) is 2. The van der Waals surface area contributed by atoms with Crippen molar-refractivity contribution in [3.05, 3.63) is 46.5 Å². The van der Waals surface area contributed by atoms with Crippen molar-refractivity contribution >= 4 is 11.6 Å². The molecule has 0 aliphatic heterocycles. The lowest BCUT2D eigenvalue weighted by Crippen LogP contribution is -2.05. The second-order valence-corrected chi connectivity index (χ2v) is 5.29. The van der Waals surface area contributed by atoms with Crippen molar-refractivity contribution in [3.63, 3.8) is 0 Å². The first kappa shape index (κ1) is 12.6. The van der Waals surface area contributed by atoms with E-state index in [0.717, 1.165) is 17.8 Å². The van der Waals surface area contributed by atoms with E-state index in [4.69, 9.17) is 17.3 Å². The summed E-state index contributed by atoms with van der Waals surface area (Å²) in [5, 5.41) is 4.68. The van der Waals surface area contributed by atoms with Crippen molar-refractivity contribution in [3.8, 4) is 5.69 Å². The summed E-state index contributed by atoms with van der Waals surface area (Å²) in [7, 11) is 0. The lowest BCUT2D eigenvalue weighted by Gasteiger charge is -2.07. The fourth-order valence-corrected chi connectivity index (χ4v) is 2.39. The van der Waals surface area contributed by atoms with Crippen molar-refractivity contribution in [2.75, 3.05) is 6.54 Å². The highest BCUT2D eigenvalue weighted by Crippen LogP contribution is 2.41. The number of rotatable bonds is 4. The standard InChI is InChI=1S/C14H15ClFN3/c15-12-8-11(3-4-13(12)16)19-14(9-1-2-9)7-10(18-19)5-6-17/h3-4,7-9H,1-2,5-6,17H2. The molecule has 0 atom stereocenters. The predicted octanol–water partition coefficient (Wildman–Crippen LogP) is 3.04. The summed E-state index contributed by atoms with van der Waals surface area (Å²) in [6.07, 6.45) is 3.12. The summed E-state index contributed by atoms with van der Waals surface area (Å²) in [6, 6.07) is 6.79. The summed E-state index contributed by atoms with van der Waals surface area (Å²) in [4.78, 5) is 0. The Balaban J connectivity index is 2.04. The van der Waals surface area contributed by atoms with Crippen LogP contribution in [0.3, 0.4) is 0 Å². The first-order valence-electron chi connectivity index (χ1n) is 6.43. The Labute approximate surface area is 116 Å². The van der Waals surface area contributed by atoms with Crippen molar-refractivity contribution in [2.45, 2.75) is 25.2 Å². The second-order valence-electron chi connectivity index (χ2n) is 4.88. The van der Waals surface area contributed by atoms with Gasteiger partial charge in [-0.1, -0.05) is 11.6 Å². The van der Waals surface area contributed by atoms with Crippen LogP contribution in [-0.4, -0.2) is 16.3 Å². The summed E-state index contributed by atoms with van der Waals surface area (Å²) < 4.78 is 15.1. The minimum absolute atomic E-state index is 0.120. The SMILES string of the molecule is NCCc1cc(C2CC2)n(-c2ccc(F)c(Cl)c2)n1. The molecule has 100 valence electrons. The van der Waals surface area contributed by atoms with Gasteiger partial charge in [-0.25, -0.2) is 9.07 Å². The molecule has 0 bridgehead atoms. The van der Waals surface area contributed by atoms with Crippen molar-refractivity contribution < 1.29 is 4.39 Å². The predicted molar refractivity (Wildman–Crippen MR) is 73.3 cm³/mol. The quantitative estimate of drug-likeness (QED) is 0.935. The monoisotopic (exact) mass is 279 g/mol. The number of hydrogen-bond donors (Lipinski definition) is 1. The van der Waals surface area contributed by atoms with E-state index in [2.05, 4.69) is 11.2 Å². The molecule has 0 radical (unpaired) electrons. The topological polar surface area (TPSA) is 43.8 Å². The van der Waals surface area contributed by atoms with Gasteiger partial charge in [-0.15, -0.1) is 0 Å². The number of halogens is 2. The van der Waals surface area contributed by atoms with Gasteiger partial charge in [0.15, 0.2) is 0 Å². The molecular weight excluding hydrogens is 265 g/mol. The maximum absolute atomic E-state index is 13.2. The molecule has 1 heterocycles. The fourth-order valence-electron chi connectivity index (χ4n) is 2.21. The molecule has 3 rings (SSSR count). The Kier molecular flexibility index (Phi) is 3.29. The number of aromatic nitrogens is 2. The zero-order valence-corrected chi connectivity index (χ0v) is 11.2. The molecule has 1 aromatic heterocycles. The summed E-state index contributed by atoms with van der Waals surface area (Å²) in [6.45, 7) is 0.575. The van der Waals surface area contributed by atoms with Crippen molar-refractivity contribution in [1.29, 1.82) is 0 Å². The zero-order valence-electron chi connectivity index (χ0n) is 10.4. The molecule has 0 amide bonds. The van der Waals surface area contributed by atoms with Crippen LogP contribution in [0.25, 0.3) is 5.69 Å². The highest BCUT2D eigenvalue weighted by molar-refractivity contribution is 6.30. The van der Waals surface area contributed by atoms with E-state index in [1.807, 2.05) is 4.68 Å². The van der Waals surface area contributed by atoms with Gasteiger partial charge in [0.05, 0.1) is 16.4 Å². The molecule has 19 heavy (non-hydrogen) atoms. The normalized spacial score (nSPS) is 14.9. The van der Waals surface area contributed by atoms with E-state index < -0.39 is 5.82 Å². The molecule has 1 aromatic carbocycles. The maximum atomic E-state index is 13.2. The van der Waals surface area contributed by atoms with Gasteiger partial charge in [-0.05, 0) is 43.7 Å². The summed E-state index contributed by atoms with van der Waals surface area (Å²) in [5.41, 5.74) is 8.53. The minimum atomic E-state index is -0.410. The van der Waals surface area contributed by atoms with E-state index in [0.29, 0.717) is 12.5 Å². The average molecular weight is 280 g/mol. The maximum Gasteiger partial charge on any atom is 0.141 e. The Hall–Kier alpha value is -1.39.